The van der Waals surface area contributed by atoms with Gasteiger partial charge in [-0.05, 0) is 56.8 Å². The number of piperidine rings is 1. The maximum atomic E-state index is 12.5. The number of nitrogens with two attached hydrogens (primary N) is 2. The zero-order valence-electron chi connectivity index (χ0n) is 17.7. The first-order chi connectivity index (χ1) is 14.5. The summed E-state index contributed by atoms with van der Waals surface area (Å²) < 4.78 is 11.6. The molecule has 1 saturated carbocycles. The number of halogens is 1. The summed E-state index contributed by atoms with van der Waals surface area (Å²) in [7, 11) is 0. The Morgan fingerprint density at radius 3 is 2.43 bits per heavy atom. The van der Waals surface area contributed by atoms with Crippen LogP contribution in [0.1, 0.15) is 62.8 Å². The Bertz CT molecular complexity index is 759. The topological polar surface area (TPSA) is 90.8 Å². The number of fused-ring (bicyclic) bond motifs is 1. The lowest BCUT2D eigenvalue weighted by atomic mass is 9.78. The molecule has 1 aliphatic carbocycles. The van der Waals surface area contributed by atoms with Gasteiger partial charge in [0.2, 0.25) is 5.91 Å². The summed E-state index contributed by atoms with van der Waals surface area (Å²) >= 11 is 6.36. The van der Waals surface area contributed by atoms with E-state index < -0.39 is 5.92 Å². The van der Waals surface area contributed by atoms with E-state index in [-0.39, 0.29) is 11.8 Å². The number of hydrogen-bond donors (Lipinski definition) is 2. The highest BCUT2D eigenvalue weighted by molar-refractivity contribution is 6.33. The van der Waals surface area contributed by atoms with Crippen molar-refractivity contribution in [1.82, 2.24) is 4.90 Å². The Kier molecular flexibility index (Phi) is 6.94. The number of benzene rings is 1. The third-order valence-corrected chi connectivity index (χ3v) is 7.46. The van der Waals surface area contributed by atoms with Crippen LogP contribution in [-0.2, 0) is 4.79 Å². The molecule has 7 heteroatoms. The minimum absolute atomic E-state index is 0.169. The number of nitrogens with zero attached hydrogens (tertiary/aromatic N) is 1. The van der Waals surface area contributed by atoms with Crippen LogP contribution in [0.2, 0.25) is 5.02 Å². The van der Waals surface area contributed by atoms with E-state index in [1.54, 1.807) is 6.07 Å². The highest BCUT2D eigenvalue weighted by Crippen LogP contribution is 2.48. The summed E-state index contributed by atoms with van der Waals surface area (Å²) in [5.41, 5.74) is 13.0. The van der Waals surface area contributed by atoms with Crippen LogP contribution in [0.4, 0.5) is 5.69 Å². The van der Waals surface area contributed by atoms with E-state index in [1.165, 1.54) is 45.1 Å². The number of carbonyl (C=O) groups excluding carboxylic acids is 1. The van der Waals surface area contributed by atoms with Crippen molar-refractivity contribution in [3.05, 3.63) is 16.7 Å². The van der Waals surface area contributed by atoms with Gasteiger partial charge in [0, 0.05) is 5.56 Å². The van der Waals surface area contributed by atoms with Crippen molar-refractivity contribution < 1.29 is 14.3 Å². The van der Waals surface area contributed by atoms with Gasteiger partial charge in [-0.2, -0.15) is 0 Å². The van der Waals surface area contributed by atoms with Crippen molar-refractivity contribution in [2.45, 2.75) is 57.3 Å². The Labute approximate surface area is 184 Å². The number of likely N-dealkylation sites (tertiary alicyclic amines) is 1. The predicted octanol–water partition coefficient (Wildman–Crippen LogP) is 3.94. The zero-order chi connectivity index (χ0) is 21.1. The Balaban J connectivity index is 1.44. The summed E-state index contributed by atoms with van der Waals surface area (Å²) in [6, 6.07) is 1.75. The Hall–Kier alpha value is -1.66. The van der Waals surface area contributed by atoms with Crippen molar-refractivity contribution in [3.8, 4) is 11.5 Å². The molecule has 0 radical (unpaired) electrons. The standard InChI is InChI=1S/C23H34ClN3O3/c24-18-14-17(21-22(20(18)25)30-13-12-29-21)19(23(26)28)16-7-10-27(11-8-16)9-6-15-4-2-1-3-5-15/h14-16,19H,1-13,25H2,(H2,26,28). The molecule has 30 heavy (non-hydrogen) atoms. The summed E-state index contributed by atoms with van der Waals surface area (Å²) in [5.74, 6) is 1.26. The van der Waals surface area contributed by atoms with Crippen LogP contribution in [0.5, 0.6) is 11.5 Å². The van der Waals surface area contributed by atoms with Gasteiger partial charge >= 0.3 is 0 Å². The molecule has 2 heterocycles. The molecular formula is C23H34ClN3O3. The van der Waals surface area contributed by atoms with Crippen molar-refractivity contribution in [3.63, 3.8) is 0 Å². The van der Waals surface area contributed by atoms with Gasteiger partial charge in [0.05, 0.1) is 16.6 Å². The number of carbonyl (C=O) groups is 1. The lowest BCUT2D eigenvalue weighted by Crippen LogP contribution is -2.40. The number of primary amides is 1. The van der Waals surface area contributed by atoms with Crippen molar-refractivity contribution in [2.24, 2.45) is 17.6 Å². The van der Waals surface area contributed by atoms with Gasteiger partial charge in [-0.25, -0.2) is 0 Å². The predicted molar refractivity (Wildman–Crippen MR) is 119 cm³/mol. The van der Waals surface area contributed by atoms with Crippen molar-refractivity contribution in [2.75, 3.05) is 38.6 Å². The second-order valence-corrected chi connectivity index (χ2v) is 9.48. The van der Waals surface area contributed by atoms with Crippen LogP contribution in [0.15, 0.2) is 6.07 Å². The van der Waals surface area contributed by atoms with Crippen LogP contribution in [0, 0.1) is 11.8 Å². The molecular weight excluding hydrogens is 402 g/mol. The van der Waals surface area contributed by atoms with E-state index in [4.69, 9.17) is 32.5 Å². The minimum atomic E-state index is -0.445. The monoisotopic (exact) mass is 435 g/mol. The molecule has 1 aromatic carbocycles. The molecule has 4 rings (SSSR count). The molecule has 2 aliphatic heterocycles. The molecule has 1 saturated heterocycles. The van der Waals surface area contributed by atoms with Gasteiger partial charge in [-0.3, -0.25) is 4.79 Å². The summed E-state index contributed by atoms with van der Waals surface area (Å²) in [5, 5.41) is 0.380. The molecule has 3 aliphatic rings. The molecule has 0 aromatic heterocycles. The normalized spacial score (nSPS) is 22.0. The number of ether oxygens (including phenoxy) is 2. The third kappa shape index (κ3) is 4.65. The Morgan fingerprint density at radius 1 is 1.10 bits per heavy atom. The van der Waals surface area contributed by atoms with Crippen LogP contribution >= 0.6 is 11.6 Å². The zero-order valence-corrected chi connectivity index (χ0v) is 18.5. The fourth-order valence-electron chi connectivity index (χ4n) is 5.44. The number of hydrogen-bond acceptors (Lipinski definition) is 5. The summed E-state index contributed by atoms with van der Waals surface area (Å²) in [6.07, 6.45) is 10.2. The smallest absolute Gasteiger partial charge is 0.225 e. The SMILES string of the molecule is NC(=O)C(c1cc(Cl)c(N)c2c1OCCO2)C1CCN(CCC2CCCCC2)CC1. The van der Waals surface area contributed by atoms with E-state index in [0.717, 1.165) is 37.4 Å². The third-order valence-electron chi connectivity index (χ3n) is 7.15. The average molecular weight is 436 g/mol. The van der Waals surface area contributed by atoms with E-state index in [9.17, 15) is 4.79 Å². The highest BCUT2D eigenvalue weighted by atomic mass is 35.5. The van der Waals surface area contributed by atoms with Crippen LogP contribution in [0.3, 0.4) is 0 Å². The quantitative estimate of drug-likeness (QED) is 0.660. The maximum absolute atomic E-state index is 12.5. The van der Waals surface area contributed by atoms with Crippen LogP contribution < -0.4 is 20.9 Å². The highest BCUT2D eigenvalue weighted by Gasteiger charge is 2.36. The molecule has 1 amide bonds. The first kappa shape index (κ1) is 21.6. The minimum Gasteiger partial charge on any atom is -0.486 e. The summed E-state index contributed by atoms with van der Waals surface area (Å²) in [4.78, 5) is 15.1. The van der Waals surface area contributed by atoms with E-state index in [0.29, 0.717) is 35.4 Å². The van der Waals surface area contributed by atoms with Crippen LogP contribution in [0.25, 0.3) is 0 Å². The maximum Gasteiger partial charge on any atom is 0.225 e. The lowest BCUT2D eigenvalue weighted by Gasteiger charge is -2.37. The first-order valence-electron chi connectivity index (χ1n) is 11.4. The van der Waals surface area contributed by atoms with Crippen LogP contribution in [-0.4, -0.2) is 43.7 Å². The lowest BCUT2D eigenvalue weighted by molar-refractivity contribution is -0.121. The number of rotatable bonds is 6. The van der Waals surface area contributed by atoms with Gasteiger partial charge < -0.3 is 25.8 Å². The van der Waals surface area contributed by atoms with Gasteiger partial charge in [0.1, 0.15) is 13.2 Å². The number of anilines is 1. The first-order valence-corrected chi connectivity index (χ1v) is 11.8. The molecule has 4 N–H and O–H groups in total. The van der Waals surface area contributed by atoms with Gasteiger partial charge in [-0.15, -0.1) is 0 Å². The van der Waals surface area contributed by atoms with E-state index >= 15 is 0 Å². The van der Waals surface area contributed by atoms with Gasteiger partial charge in [0.15, 0.2) is 11.5 Å². The number of amides is 1. The van der Waals surface area contributed by atoms with Gasteiger partial charge in [-0.1, -0.05) is 43.7 Å². The van der Waals surface area contributed by atoms with Gasteiger partial charge in [0.25, 0.3) is 0 Å². The molecule has 1 aromatic rings. The van der Waals surface area contributed by atoms with Crippen molar-refractivity contribution >= 4 is 23.2 Å². The molecule has 2 fully saturated rings. The molecule has 0 spiro atoms. The fourth-order valence-corrected chi connectivity index (χ4v) is 5.65. The van der Waals surface area contributed by atoms with E-state index in [1.807, 2.05) is 0 Å². The largest absolute Gasteiger partial charge is 0.486 e. The molecule has 0 bridgehead atoms. The molecule has 166 valence electrons. The second-order valence-electron chi connectivity index (χ2n) is 9.07. The Morgan fingerprint density at radius 2 is 1.77 bits per heavy atom. The fraction of sp³-hybridized carbons (Fsp3) is 0.696. The summed E-state index contributed by atoms with van der Waals surface area (Å²) in [6.45, 7) is 4.01. The molecule has 6 nitrogen and oxygen atoms in total. The van der Waals surface area contributed by atoms with E-state index in [2.05, 4.69) is 4.90 Å². The van der Waals surface area contributed by atoms with Crippen molar-refractivity contribution in [1.29, 1.82) is 0 Å². The molecule has 1 unspecified atom stereocenters. The average Bonchev–Trinajstić information content (AvgIpc) is 2.77. The second kappa shape index (κ2) is 9.65. The number of nitrogen functional groups attached to an aromatic ring is 1. The molecule has 1 atom stereocenters.